The number of carbonyl (C=O) groups excluding carboxylic acids is 2. The summed E-state index contributed by atoms with van der Waals surface area (Å²) in [7, 11) is 0. The summed E-state index contributed by atoms with van der Waals surface area (Å²) in [6, 6.07) is 0.282. The van der Waals surface area contributed by atoms with Crippen molar-refractivity contribution in [1.82, 2.24) is 0 Å². The van der Waals surface area contributed by atoms with Crippen molar-refractivity contribution in [3.05, 3.63) is 0 Å². The zero-order valence-electron chi connectivity index (χ0n) is 19.4. The quantitative estimate of drug-likeness (QED) is 0.700. The second kappa shape index (κ2) is 7.60. The van der Waals surface area contributed by atoms with E-state index in [9.17, 15) is 9.59 Å². The Morgan fingerprint density at radius 1 is 0.967 bits per heavy atom. The summed E-state index contributed by atoms with van der Waals surface area (Å²) in [5.41, 5.74) is 0.314. The highest BCUT2D eigenvalue weighted by Gasteiger charge is 2.64. The van der Waals surface area contributed by atoms with Crippen LogP contribution in [0.25, 0.3) is 0 Å². The smallest absolute Gasteiger partial charge is 0.302 e. The van der Waals surface area contributed by atoms with Gasteiger partial charge in [-0.1, -0.05) is 13.8 Å². The molecule has 168 valence electrons. The standard InChI is InChI=1S/C26H41NO3/c1-17(28)30-19-9-11-25(2)18(15-19)7-8-20-21(25)10-12-26(3)22(20)16-23(24(26)29)27-13-5-4-6-14-27/h18-23H,4-16H2,1-3H3/p+1/t18-,19+,20+,21-,22+,23-,25-,26-/m0/s1. The van der Waals surface area contributed by atoms with Crippen LogP contribution in [0, 0.1) is 34.5 Å². The molecule has 0 spiro atoms. The van der Waals surface area contributed by atoms with Gasteiger partial charge < -0.3 is 9.64 Å². The molecule has 0 unspecified atom stereocenters. The molecule has 0 amide bonds. The third-order valence-corrected chi connectivity index (χ3v) is 10.7. The summed E-state index contributed by atoms with van der Waals surface area (Å²) >= 11 is 0. The topological polar surface area (TPSA) is 47.8 Å². The lowest BCUT2D eigenvalue weighted by molar-refractivity contribution is -0.920. The molecular formula is C26H42NO3+. The molecular weight excluding hydrogens is 374 g/mol. The van der Waals surface area contributed by atoms with E-state index in [1.165, 1.54) is 58.0 Å². The van der Waals surface area contributed by atoms with E-state index in [2.05, 4.69) is 13.8 Å². The molecule has 30 heavy (non-hydrogen) atoms. The summed E-state index contributed by atoms with van der Waals surface area (Å²) in [5.74, 6) is 3.27. The lowest BCUT2D eigenvalue weighted by atomic mass is 9.45. The predicted molar refractivity (Wildman–Crippen MR) is 116 cm³/mol. The minimum absolute atomic E-state index is 0.0611. The Morgan fingerprint density at radius 3 is 2.47 bits per heavy atom. The van der Waals surface area contributed by atoms with Crippen molar-refractivity contribution in [1.29, 1.82) is 0 Å². The molecule has 0 aromatic rings. The summed E-state index contributed by atoms with van der Waals surface area (Å²) in [6.45, 7) is 8.86. The maximum atomic E-state index is 13.7. The normalized spacial score (nSPS) is 49.1. The van der Waals surface area contributed by atoms with Crippen LogP contribution >= 0.6 is 0 Å². The van der Waals surface area contributed by atoms with Gasteiger partial charge in [-0.2, -0.15) is 0 Å². The van der Waals surface area contributed by atoms with Gasteiger partial charge in [0.05, 0.1) is 13.1 Å². The molecule has 4 saturated carbocycles. The van der Waals surface area contributed by atoms with E-state index in [1.807, 2.05) is 0 Å². The van der Waals surface area contributed by atoms with Crippen molar-refractivity contribution in [3.63, 3.8) is 0 Å². The average Bonchev–Trinajstić information content (AvgIpc) is 3.00. The van der Waals surface area contributed by atoms with E-state index >= 15 is 0 Å². The molecule has 0 bridgehead atoms. The maximum absolute atomic E-state index is 13.7. The molecule has 1 aliphatic heterocycles. The fraction of sp³-hybridized carbons (Fsp3) is 0.923. The van der Waals surface area contributed by atoms with Gasteiger partial charge in [0, 0.05) is 18.8 Å². The number of esters is 1. The van der Waals surface area contributed by atoms with Gasteiger partial charge in [-0.3, -0.25) is 9.59 Å². The van der Waals surface area contributed by atoms with Gasteiger partial charge in [-0.05, 0) is 93.3 Å². The highest BCUT2D eigenvalue weighted by atomic mass is 16.5. The van der Waals surface area contributed by atoms with E-state index in [0.717, 1.165) is 37.5 Å². The van der Waals surface area contributed by atoms with Crippen molar-refractivity contribution < 1.29 is 19.2 Å². The largest absolute Gasteiger partial charge is 0.463 e. The van der Waals surface area contributed by atoms with Crippen molar-refractivity contribution in [2.24, 2.45) is 34.5 Å². The molecule has 1 heterocycles. The minimum Gasteiger partial charge on any atom is -0.463 e. The fourth-order valence-electron chi connectivity index (χ4n) is 9.09. The highest BCUT2D eigenvalue weighted by Crippen LogP contribution is 2.65. The van der Waals surface area contributed by atoms with Crippen LogP contribution < -0.4 is 4.90 Å². The van der Waals surface area contributed by atoms with Crippen molar-refractivity contribution in [2.75, 3.05) is 13.1 Å². The Bertz CT molecular complexity index is 700. The zero-order chi connectivity index (χ0) is 21.1. The Morgan fingerprint density at radius 2 is 1.73 bits per heavy atom. The number of ether oxygens (including phenoxy) is 1. The molecule has 5 aliphatic rings. The molecule has 4 nitrogen and oxygen atoms in total. The second-order valence-electron chi connectivity index (χ2n) is 12.0. The monoisotopic (exact) mass is 416 g/mol. The molecule has 1 saturated heterocycles. The third kappa shape index (κ3) is 3.19. The molecule has 5 rings (SSSR count). The summed E-state index contributed by atoms with van der Waals surface area (Å²) in [6.07, 6.45) is 13.4. The third-order valence-electron chi connectivity index (χ3n) is 10.7. The van der Waals surface area contributed by atoms with Crippen LogP contribution in [0.2, 0.25) is 0 Å². The minimum atomic E-state index is -0.124. The van der Waals surface area contributed by atoms with Crippen molar-refractivity contribution in [3.8, 4) is 0 Å². The van der Waals surface area contributed by atoms with Gasteiger partial charge in [-0.15, -0.1) is 0 Å². The number of piperidine rings is 1. The first-order chi connectivity index (χ1) is 14.3. The van der Waals surface area contributed by atoms with Crippen LogP contribution in [-0.4, -0.2) is 37.0 Å². The molecule has 0 radical (unpaired) electrons. The average molecular weight is 417 g/mol. The SMILES string of the molecule is CC(=O)O[C@@H]1CC[C@@]2(C)[C@@H](CC[C@H]3[C@H]4C[C@H]([NH+]5CCCCC5)C(=O)[C@@]4(C)CC[C@@H]32)C1. The lowest BCUT2D eigenvalue weighted by Gasteiger charge is -2.60. The van der Waals surface area contributed by atoms with Gasteiger partial charge in [0.2, 0.25) is 0 Å². The Balaban J connectivity index is 1.35. The van der Waals surface area contributed by atoms with Crippen LogP contribution in [0.3, 0.4) is 0 Å². The Labute approximate surface area is 182 Å². The maximum Gasteiger partial charge on any atom is 0.302 e. The number of ketones is 1. The molecule has 0 aromatic heterocycles. The number of likely N-dealkylation sites (tertiary alicyclic amines) is 1. The van der Waals surface area contributed by atoms with Gasteiger partial charge >= 0.3 is 5.97 Å². The number of carbonyl (C=O) groups is 2. The molecule has 8 atom stereocenters. The molecule has 4 heteroatoms. The first-order valence-corrected chi connectivity index (χ1v) is 12.9. The van der Waals surface area contributed by atoms with Gasteiger partial charge in [-0.25, -0.2) is 0 Å². The number of hydrogen-bond donors (Lipinski definition) is 1. The highest BCUT2D eigenvalue weighted by molar-refractivity contribution is 5.91. The Hall–Kier alpha value is -0.900. The van der Waals surface area contributed by atoms with E-state index in [4.69, 9.17) is 4.74 Å². The van der Waals surface area contributed by atoms with E-state index < -0.39 is 0 Å². The van der Waals surface area contributed by atoms with Crippen molar-refractivity contribution in [2.45, 2.75) is 104 Å². The van der Waals surface area contributed by atoms with Crippen molar-refractivity contribution >= 4 is 11.8 Å². The Kier molecular flexibility index (Phi) is 5.31. The number of fused-ring (bicyclic) bond motifs is 5. The van der Waals surface area contributed by atoms with Crippen LogP contribution in [-0.2, 0) is 14.3 Å². The lowest BCUT2D eigenvalue weighted by Crippen LogP contribution is -3.17. The van der Waals surface area contributed by atoms with Crippen LogP contribution in [0.4, 0.5) is 0 Å². The first-order valence-electron chi connectivity index (χ1n) is 12.9. The number of rotatable bonds is 2. The van der Waals surface area contributed by atoms with E-state index in [0.29, 0.717) is 23.0 Å². The predicted octanol–water partition coefficient (Wildman–Crippen LogP) is 3.58. The molecule has 1 N–H and O–H groups in total. The number of quaternary nitrogens is 1. The van der Waals surface area contributed by atoms with Crippen LogP contribution in [0.1, 0.15) is 91.4 Å². The van der Waals surface area contributed by atoms with Crippen LogP contribution in [0.15, 0.2) is 0 Å². The second-order valence-corrected chi connectivity index (χ2v) is 12.0. The number of Topliss-reactive ketones (excluding diaryl/α,β-unsaturated/α-hetero) is 1. The van der Waals surface area contributed by atoms with Crippen LogP contribution in [0.5, 0.6) is 0 Å². The number of nitrogens with one attached hydrogen (secondary N) is 1. The fourth-order valence-corrected chi connectivity index (χ4v) is 9.09. The molecule has 4 aliphatic carbocycles. The van der Waals surface area contributed by atoms with E-state index in [1.54, 1.807) is 11.8 Å². The van der Waals surface area contributed by atoms with Gasteiger partial charge in [0.15, 0.2) is 5.78 Å². The molecule has 0 aromatic carbocycles. The van der Waals surface area contributed by atoms with Gasteiger partial charge in [0.25, 0.3) is 0 Å². The summed E-state index contributed by atoms with van der Waals surface area (Å²) in [5, 5.41) is 0. The zero-order valence-corrected chi connectivity index (χ0v) is 19.4. The number of hydrogen-bond acceptors (Lipinski definition) is 3. The van der Waals surface area contributed by atoms with E-state index in [-0.39, 0.29) is 23.5 Å². The summed E-state index contributed by atoms with van der Waals surface area (Å²) < 4.78 is 5.62. The molecule has 5 fully saturated rings. The first kappa shape index (κ1) is 21.0. The van der Waals surface area contributed by atoms with Gasteiger partial charge in [0.1, 0.15) is 12.1 Å². The summed E-state index contributed by atoms with van der Waals surface area (Å²) in [4.78, 5) is 26.8.